The van der Waals surface area contributed by atoms with Gasteiger partial charge in [-0.15, -0.1) is 0 Å². The molecule has 3 aliphatic rings. The van der Waals surface area contributed by atoms with Gasteiger partial charge in [0.15, 0.2) is 0 Å². The van der Waals surface area contributed by atoms with Gasteiger partial charge in [-0.2, -0.15) is 0 Å². The maximum absolute atomic E-state index is 13.1. The zero-order chi connectivity index (χ0) is 10.3. The summed E-state index contributed by atoms with van der Waals surface area (Å²) >= 11 is 0. The molecule has 3 rings (SSSR count). The van der Waals surface area contributed by atoms with E-state index in [9.17, 15) is 14.0 Å². The zero-order valence-electron chi connectivity index (χ0n) is 7.53. The smallest absolute Gasteiger partial charge is 0.316 e. The third-order valence-electron chi connectivity index (χ3n) is 2.58. The summed E-state index contributed by atoms with van der Waals surface area (Å²) in [4.78, 5) is 22.3. The van der Waals surface area contributed by atoms with E-state index < -0.39 is 35.7 Å². The number of rotatable bonds is 1. The quantitative estimate of drug-likeness (QED) is 0.581. The van der Waals surface area contributed by atoms with Crippen LogP contribution in [0.4, 0.5) is 4.39 Å². The second-order valence-electron chi connectivity index (χ2n) is 3.37. The van der Waals surface area contributed by atoms with Crippen molar-refractivity contribution < 1.29 is 23.5 Å². The summed E-state index contributed by atoms with van der Waals surface area (Å²) < 4.78 is 22.4. The van der Waals surface area contributed by atoms with Crippen LogP contribution in [-0.2, 0) is 19.1 Å². The summed E-state index contributed by atoms with van der Waals surface area (Å²) in [6.07, 6.45) is 0.537. The first-order valence-corrected chi connectivity index (χ1v) is 4.29. The average molecular weight is 200 g/mol. The summed E-state index contributed by atoms with van der Waals surface area (Å²) in [6.45, 7) is 0. The Kier molecular flexibility index (Phi) is 2.02. The summed E-state index contributed by atoms with van der Waals surface area (Å²) in [6, 6.07) is 0. The largest absolute Gasteiger partial charge is 0.469 e. The van der Waals surface area contributed by atoms with Crippen molar-refractivity contribution in [2.45, 2.75) is 12.5 Å². The van der Waals surface area contributed by atoms with Crippen LogP contribution in [0.15, 0.2) is 11.9 Å². The molecule has 1 fully saturated rings. The van der Waals surface area contributed by atoms with E-state index in [1.54, 1.807) is 0 Å². The van der Waals surface area contributed by atoms with Crippen LogP contribution >= 0.6 is 0 Å². The van der Waals surface area contributed by atoms with Crippen molar-refractivity contribution in [1.82, 2.24) is 0 Å². The Morgan fingerprint density at radius 1 is 1.71 bits per heavy atom. The lowest BCUT2D eigenvalue weighted by molar-refractivity contribution is -0.171. The number of hydrogen-bond donors (Lipinski definition) is 0. The molecule has 2 bridgehead atoms. The summed E-state index contributed by atoms with van der Waals surface area (Å²) in [5.74, 6) is -3.01. The Morgan fingerprint density at radius 3 is 2.93 bits per heavy atom. The van der Waals surface area contributed by atoms with Crippen LogP contribution in [0, 0.1) is 11.8 Å². The van der Waals surface area contributed by atoms with Gasteiger partial charge in [0, 0.05) is 0 Å². The molecule has 5 heteroatoms. The van der Waals surface area contributed by atoms with Crippen LogP contribution < -0.4 is 0 Å². The Labute approximate surface area is 79.7 Å². The number of methoxy groups -OCH3 is 1. The number of esters is 2. The van der Waals surface area contributed by atoms with Crippen LogP contribution in [0.1, 0.15) is 6.42 Å². The molecular weight excluding hydrogens is 191 g/mol. The summed E-state index contributed by atoms with van der Waals surface area (Å²) in [5, 5.41) is 0. The highest BCUT2D eigenvalue weighted by Gasteiger charge is 2.47. The Bertz CT molecular complexity index is 323. The summed E-state index contributed by atoms with van der Waals surface area (Å²) in [7, 11) is 1.26. The molecule has 4 nitrogen and oxygen atoms in total. The van der Waals surface area contributed by atoms with Gasteiger partial charge in [0.2, 0.25) is 0 Å². The van der Waals surface area contributed by atoms with Gasteiger partial charge in [-0.3, -0.25) is 9.59 Å². The maximum Gasteiger partial charge on any atom is 0.316 e. The molecule has 1 saturated heterocycles. The first-order valence-electron chi connectivity index (χ1n) is 4.29. The normalized spacial score (nSPS) is 34.9. The molecule has 14 heavy (non-hydrogen) atoms. The van der Waals surface area contributed by atoms with Crippen LogP contribution in [0.25, 0.3) is 0 Å². The molecule has 0 spiro atoms. The van der Waals surface area contributed by atoms with Gasteiger partial charge in [-0.05, 0) is 12.5 Å². The number of hydrogen-bond acceptors (Lipinski definition) is 4. The van der Waals surface area contributed by atoms with E-state index >= 15 is 0 Å². The minimum Gasteiger partial charge on any atom is -0.469 e. The molecule has 0 amide bonds. The average Bonchev–Trinajstić information content (AvgIpc) is 2.16. The second kappa shape index (κ2) is 3.08. The zero-order valence-corrected chi connectivity index (χ0v) is 7.53. The first-order chi connectivity index (χ1) is 6.63. The molecule has 0 aromatic heterocycles. The first kappa shape index (κ1) is 9.18. The highest BCUT2D eigenvalue weighted by atomic mass is 19.1. The van der Waals surface area contributed by atoms with Gasteiger partial charge < -0.3 is 9.47 Å². The highest BCUT2D eigenvalue weighted by molar-refractivity contribution is 5.82. The van der Waals surface area contributed by atoms with Crippen molar-refractivity contribution in [3.8, 4) is 0 Å². The standard InChI is InChI=1S/C9H9FO4/c1-13-8(11)5-2-4-6(10)3-7(5)14-9(4)12/h3-5,7H,2H2,1H3/t4-,5+,7-/m0/s1. The Morgan fingerprint density at radius 2 is 2.43 bits per heavy atom. The molecule has 0 aromatic carbocycles. The molecule has 0 unspecified atom stereocenters. The Hall–Kier alpha value is -1.39. The highest BCUT2D eigenvalue weighted by Crippen LogP contribution is 2.38. The van der Waals surface area contributed by atoms with E-state index in [1.165, 1.54) is 13.2 Å². The monoisotopic (exact) mass is 200 g/mol. The molecule has 0 radical (unpaired) electrons. The van der Waals surface area contributed by atoms with Gasteiger partial charge in [-0.1, -0.05) is 0 Å². The molecular formula is C9H9FO4. The van der Waals surface area contributed by atoms with Gasteiger partial charge in [0.05, 0.1) is 13.0 Å². The molecule has 76 valence electrons. The van der Waals surface area contributed by atoms with Crippen molar-refractivity contribution in [2.75, 3.05) is 7.11 Å². The fraction of sp³-hybridized carbons (Fsp3) is 0.556. The predicted octanol–water partition coefficient (Wildman–Crippen LogP) is 0.574. The second-order valence-corrected chi connectivity index (χ2v) is 3.37. The topological polar surface area (TPSA) is 52.6 Å². The molecule has 2 aliphatic heterocycles. The van der Waals surface area contributed by atoms with Crippen LogP contribution in [-0.4, -0.2) is 25.2 Å². The van der Waals surface area contributed by atoms with Crippen LogP contribution in [0.3, 0.4) is 0 Å². The van der Waals surface area contributed by atoms with Crippen molar-refractivity contribution in [3.63, 3.8) is 0 Å². The van der Waals surface area contributed by atoms with Crippen molar-refractivity contribution in [1.29, 1.82) is 0 Å². The van der Waals surface area contributed by atoms with Gasteiger partial charge >= 0.3 is 11.9 Å². The molecule has 2 heterocycles. The van der Waals surface area contributed by atoms with Crippen molar-refractivity contribution >= 4 is 11.9 Å². The molecule has 1 aliphatic carbocycles. The summed E-state index contributed by atoms with van der Waals surface area (Å²) in [5.41, 5.74) is 0. The number of fused-ring (bicyclic) bond motifs is 2. The molecule has 0 saturated carbocycles. The molecule has 3 atom stereocenters. The molecule has 0 aromatic rings. The predicted molar refractivity (Wildman–Crippen MR) is 42.7 cm³/mol. The van der Waals surface area contributed by atoms with Gasteiger partial charge in [0.25, 0.3) is 0 Å². The van der Waals surface area contributed by atoms with E-state index in [0.29, 0.717) is 0 Å². The van der Waals surface area contributed by atoms with Gasteiger partial charge in [0.1, 0.15) is 17.8 Å². The van der Waals surface area contributed by atoms with E-state index in [0.717, 1.165) is 0 Å². The number of ether oxygens (including phenoxy) is 2. The lowest BCUT2D eigenvalue weighted by Gasteiger charge is -2.35. The van der Waals surface area contributed by atoms with E-state index in [-0.39, 0.29) is 6.42 Å². The minimum absolute atomic E-state index is 0.151. The van der Waals surface area contributed by atoms with Crippen LogP contribution in [0.5, 0.6) is 0 Å². The van der Waals surface area contributed by atoms with Gasteiger partial charge in [-0.25, -0.2) is 4.39 Å². The third-order valence-corrected chi connectivity index (χ3v) is 2.58. The number of carbonyl (C=O) groups excluding carboxylic acids is 2. The molecule has 0 N–H and O–H groups in total. The van der Waals surface area contributed by atoms with E-state index in [2.05, 4.69) is 4.74 Å². The SMILES string of the molecule is COC(=O)[C@@H]1C[C@@H]2C(=O)O[C@H]1C=C2F. The lowest BCUT2D eigenvalue weighted by Crippen LogP contribution is -2.45. The van der Waals surface area contributed by atoms with Crippen LogP contribution in [0.2, 0.25) is 0 Å². The lowest BCUT2D eigenvalue weighted by atomic mass is 9.81. The minimum atomic E-state index is -0.913. The third kappa shape index (κ3) is 1.20. The number of carbonyl (C=O) groups is 2. The number of halogens is 1. The van der Waals surface area contributed by atoms with Crippen molar-refractivity contribution in [3.05, 3.63) is 11.9 Å². The Balaban J connectivity index is 2.24. The maximum atomic E-state index is 13.1. The fourth-order valence-corrected chi connectivity index (χ4v) is 1.81. The van der Waals surface area contributed by atoms with Crippen molar-refractivity contribution in [2.24, 2.45) is 11.8 Å². The fourth-order valence-electron chi connectivity index (χ4n) is 1.81. The van der Waals surface area contributed by atoms with E-state index in [4.69, 9.17) is 4.74 Å². The van der Waals surface area contributed by atoms with E-state index in [1.807, 2.05) is 0 Å².